The Kier molecular flexibility index (Phi) is 4.54. The zero-order valence-electron chi connectivity index (χ0n) is 11.9. The van der Waals surface area contributed by atoms with Crippen LogP contribution in [0.15, 0.2) is 24.3 Å². The number of aromatic carboxylic acids is 1. The molecule has 1 heterocycles. The number of nitrogens with zero attached hydrogens (tertiary/aromatic N) is 3. The van der Waals surface area contributed by atoms with Crippen LogP contribution >= 0.6 is 0 Å². The number of hydrogen-bond donors (Lipinski definition) is 2. The minimum absolute atomic E-state index is 0.164. The Balaban J connectivity index is 2.58. The second-order valence-electron chi connectivity index (χ2n) is 4.54. The summed E-state index contributed by atoms with van der Waals surface area (Å²) in [6.07, 6.45) is -0.0880. The summed E-state index contributed by atoms with van der Waals surface area (Å²) >= 11 is 0. The highest BCUT2D eigenvalue weighted by molar-refractivity contribution is 5.93. The van der Waals surface area contributed by atoms with E-state index < -0.39 is 12.1 Å². The maximum absolute atomic E-state index is 11.3. The van der Waals surface area contributed by atoms with Crippen molar-refractivity contribution in [3.8, 4) is 17.0 Å². The van der Waals surface area contributed by atoms with Crippen LogP contribution in [0.25, 0.3) is 11.3 Å². The maximum atomic E-state index is 11.3. The van der Waals surface area contributed by atoms with E-state index in [1.165, 1.54) is 11.8 Å². The van der Waals surface area contributed by atoms with Crippen LogP contribution in [-0.2, 0) is 6.54 Å². The van der Waals surface area contributed by atoms with Crippen LogP contribution in [0.5, 0.6) is 5.75 Å². The number of hydrogen-bond acceptors (Lipinski definition) is 5. The lowest BCUT2D eigenvalue weighted by Crippen LogP contribution is -2.17. The van der Waals surface area contributed by atoms with Gasteiger partial charge in [0.2, 0.25) is 0 Å². The minimum Gasteiger partial charge on any atom is -0.496 e. The molecule has 2 N–H and O–H groups in total. The molecule has 0 radical (unpaired) electrons. The summed E-state index contributed by atoms with van der Waals surface area (Å²) in [5.74, 6) is -0.650. The summed E-state index contributed by atoms with van der Waals surface area (Å²) in [7, 11) is 1.51. The molecule has 21 heavy (non-hydrogen) atoms. The van der Waals surface area contributed by atoms with Gasteiger partial charge in [-0.1, -0.05) is 24.3 Å². The van der Waals surface area contributed by atoms with E-state index in [-0.39, 0.29) is 12.2 Å². The number of carbonyl (C=O) groups is 1. The van der Waals surface area contributed by atoms with E-state index >= 15 is 0 Å². The summed E-state index contributed by atoms with van der Waals surface area (Å²) in [6, 6.07) is 7.03. The van der Waals surface area contributed by atoms with Gasteiger partial charge in [-0.2, -0.15) is 0 Å². The number of rotatable bonds is 6. The van der Waals surface area contributed by atoms with E-state index in [1.54, 1.807) is 24.3 Å². The quantitative estimate of drug-likeness (QED) is 0.835. The highest BCUT2D eigenvalue weighted by atomic mass is 16.5. The fourth-order valence-electron chi connectivity index (χ4n) is 2.02. The fraction of sp³-hybridized carbons (Fsp3) is 0.357. The molecule has 1 atom stereocenters. The number of benzene rings is 1. The predicted molar refractivity (Wildman–Crippen MR) is 75.3 cm³/mol. The van der Waals surface area contributed by atoms with E-state index in [0.29, 0.717) is 23.4 Å². The number of aliphatic hydroxyl groups is 1. The molecule has 0 aliphatic rings. The molecule has 0 amide bonds. The largest absolute Gasteiger partial charge is 0.496 e. The lowest BCUT2D eigenvalue weighted by molar-refractivity contribution is 0.0691. The Morgan fingerprint density at radius 2 is 2.14 bits per heavy atom. The molecule has 0 aliphatic carbocycles. The van der Waals surface area contributed by atoms with Crippen molar-refractivity contribution in [1.29, 1.82) is 0 Å². The highest BCUT2D eigenvalue weighted by Crippen LogP contribution is 2.31. The maximum Gasteiger partial charge on any atom is 0.358 e. The van der Waals surface area contributed by atoms with Crippen molar-refractivity contribution in [3.05, 3.63) is 30.0 Å². The van der Waals surface area contributed by atoms with Gasteiger partial charge >= 0.3 is 5.97 Å². The SMILES string of the molecule is CCC(O)Cn1nnc(C(=O)O)c1-c1ccccc1OC. The molecule has 1 unspecified atom stereocenters. The number of aliphatic hydroxyl groups excluding tert-OH is 1. The smallest absolute Gasteiger partial charge is 0.358 e. The number of ether oxygens (including phenoxy) is 1. The van der Waals surface area contributed by atoms with Gasteiger partial charge in [-0.15, -0.1) is 5.10 Å². The van der Waals surface area contributed by atoms with Gasteiger partial charge in [0.05, 0.1) is 19.8 Å². The summed E-state index contributed by atoms with van der Waals surface area (Å²) < 4.78 is 6.66. The van der Waals surface area contributed by atoms with Crippen molar-refractivity contribution in [2.75, 3.05) is 7.11 Å². The molecule has 2 rings (SSSR count). The summed E-state index contributed by atoms with van der Waals surface area (Å²) in [5, 5.41) is 26.6. The van der Waals surface area contributed by atoms with Gasteiger partial charge in [-0.3, -0.25) is 0 Å². The van der Waals surface area contributed by atoms with E-state index in [9.17, 15) is 15.0 Å². The molecule has 1 aromatic heterocycles. The average Bonchev–Trinajstić information content (AvgIpc) is 2.90. The third-order valence-electron chi connectivity index (χ3n) is 3.15. The topological polar surface area (TPSA) is 97.5 Å². The van der Waals surface area contributed by atoms with Gasteiger partial charge < -0.3 is 14.9 Å². The minimum atomic E-state index is -1.17. The Morgan fingerprint density at radius 3 is 2.76 bits per heavy atom. The summed E-state index contributed by atoms with van der Waals surface area (Å²) in [6.45, 7) is 2.01. The first-order chi connectivity index (χ1) is 10.1. The first kappa shape index (κ1) is 15.0. The zero-order valence-corrected chi connectivity index (χ0v) is 11.9. The van der Waals surface area contributed by atoms with Crippen LogP contribution < -0.4 is 4.74 Å². The second kappa shape index (κ2) is 6.36. The molecule has 0 saturated heterocycles. The predicted octanol–water partition coefficient (Wildman–Crippen LogP) is 1.42. The third-order valence-corrected chi connectivity index (χ3v) is 3.15. The Bertz CT molecular complexity index is 639. The first-order valence-electron chi connectivity index (χ1n) is 6.56. The van der Waals surface area contributed by atoms with E-state index in [0.717, 1.165) is 0 Å². The molecule has 112 valence electrons. The lowest BCUT2D eigenvalue weighted by Gasteiger charge is -2.13. The van der Waals surface area contributed by atoms with Crippen molar-refractivity contribution in [2.45, 2.75) is 26.0 Å². The summed E-state index contributed by atoms with van der Waals surface area (Å²) in [5.41, 5.74) is 0.737. The molecule has 0 saturated carbocycles. The van der Waals surface area contributed by atoms with Crippen molar-refractivity contribution in [3.63, 3.8) is 0 Å². The van der Waals surface area contributed by atoms with Crippen molar-refractivity contribution in [2.24, 2.45) is 0 Å². The van der Waals surface area contributed by atoms with Crippen LogP contribution in [0.1, 0.15) is 23.8 Å². The van der Waals surface area contributed by atoms with E-state index in [4.69, 9.17) is 4.74 Å². The van der Waals surface area contributed by atoms with Crippen LogP contribution in [0.3, 0.4) is 0 Å². The number of methoxy groups -OCH3 is 1. The highest BCUT2D eigenvalue weighted by Gasteiger charge is 2.23. The number of carboxylic acid groups (broad SMARTS) is 1. The molecule has 7 nitrogen and oxygen atoms in total. The number of para-hydroxylation sites is 1. The third kappa shape index (κ3) is 3.03. The van der Waals surface area contributed by atoms with Crippen LogP contribution in [-0.4, -0.2) is 44.4 Å². The molecule has 2 aromatic rings. The number of carboxylic acids is 1. The molecule has 0 bridgehead atoms. The normalized spacial score (nSPS) is 12.1. The van der Waals surface area contributed by atoms with Crippen molar-refractivity contribution >= 4 is 5.97 Å². The van der Waals surface area contributed by atoms with Gasteiger partial charge in [0, 0.05) is 5.56 Å². The van der Waals surface area contributed by atoms with Crippen LogP contribution in [0.2, 0.25) is 0 Å². The summed E-state index contributed by atoms with van der Waals surface area (Å²) in [4.78, 5) is 11.3. The fourth-order valence-corrected chi connectivity index (χ4v) is 2.02. The second-order valence-corrected chi connectivity index (χ2v) is 4.54. The van der Waals surface area contributed by atoms with Gasteiger partial charge in [0.25, 0.3) is 0 Å². The molecule has 0 fully saturated rings. The Morgan fingerprint density at radius 1 is 1.43 bits per heavy atom. The molecule has 7 heteroatoms. The van der Waals surface area contributed by atoms with Gasteiger partial charge in [0.15, 0.2) is 5.69 Å². The number of aromatic nitrogens is 3. The zero-order chi connectivity index (χ0) is 15.4. The monoisotopic (exact) mass is 291 g/mol. The van der Waals surface area contributed by atoms with Gasteiger partial charge in [0.1, 0.15) is 11.4 Å². The molecular weight excluding hydrogens is 274 g/mol. The van der Waals surface area contributed by atoms with Gasteiger partial charge in [-0.25, -0.2) is 9.48 Å². The molecule has 0 spiro atoms. The molecule has 0 aliphatic heterocycles. The lowest BCUT2D eigenvalue weighted by atomic mass is 10.1. The first-order valence-corrected chi connectivity index (χ1v) is 6.56. The Hall–Kier alpha value is -2.41. The molecule has 1 aromatic carbocycles. The van der Waals surface area contributed by atoms with E-state index in [2.05, 4.69) is 10.3 Å². The Labute approximate surface area is 121 Å². The van der Waals surface area contributed by atoms with E-state index in [1.807, 2.05) is 6.92 Å². The van der Waals surface area contributed by atoms with Crippen LogP contribution in [0, 0.1) is 0 Å². The standard InChI is InChI=1S/C14H17N3O4/c1-3-9(18)8-17-13(12(14(19)20)15-16-17)10-6-4-5-7-11(10)21-2/h4-7,9,18H,3,8H2,1-2H3,(H,19,20). The molecular formula is C14H17N3O4. The van der Waals surface area contributed by atoms with Gasteiger partial charge in [-0.05, 0) is 18.6 Å². The average molecular weight is 291 g/mol. The van der Waals surface area contributed by atoms with Crippen molar-refractivity contribution < 1.29 is 19.7 Å². The van der Waals surface area contributed by atoms with Crippen LogP contribution in [0.4, 0.5) is 0 Å². The van der Waals surface area contributed by atoms with Crippen molar-refractivity contribution in [1.82, 2.24) is 15.0 Å².